The predicted octanol–water partition coefficient (Wildman–Crippen LogP) is 2.95. The Morgan fingerprint density at radius 3 is 2.70 bits per heavy atom. The van der Waals surface area contributed by atoms with E-state index < -0.39 is 0 Å². The maximum Gasteiger partial charge on any atom is 0.285 e. The van der Waals surface area contributed by atoms with Crippen LogP contribution in [0.3, 0.4) is 0 Å². The summed E-state index contributed by atoms with van der Waals surface area (Å²) in [6, 6.07) is 17.5. The summed E-state index contributed by atoms with van der Waals surface area (Å²) in [5, 5.41) is 10.0. The van der Waals surface area contributed by atoms with Crippen LogP contribution in [0.5, 0.6) is 0 Å². The van der Waals surface area contributed by atoms with Crippen LogP contribution in [-0.4, -0.2) is 30.6 Å². The lowest BCUT2D eigenvalue weighted by Crippen LogP contribution is -2.17. The number of benzene rings is 2. The molecule has 2 aromatic carbocycles. The number of aromatic nitrogens is 5. The number of rotatable bonds is 3. The van der Waals surface area contributed by atoms with Gasteiger partial charge >= 0.3 is 0 Å². The van der Waals surface area contributed by atoms with Crippen molar-refractivity contribution in [2.75, 3.05) is 0 Å². The van der Waals surface area contributed by atoms with E-state index in [1.165, 1.54) is 17.2 Å². The standard InChI is InChI=1S/C20H14N6O/c27-20-17-12-24-26(15-6-2-1-3-7-15)19(17)22-13-25(20)23-11-14-10-21-18-9-5-4-8-16(14)18/h1-13,21H/b23-11+. The van der Waals surface area contributed by atoms with Crippen LogP contribution in [0.4, 0.5) is 0 Å². The van der Waals surface area contributed by atoms with E-state index in [0.717, 1.165) is 22.2 Å². The van der Waals surface area contributed by atoms with Crippen LogP contribution in [0, 0.1) is 0 Å². The largest absolute Gasteiger partial charge is 0.361 e. The van der Waals surface area contributed by atoms with Gasteiger partial charge < -0.3 is 4.98 Å². The number of fused-ring (bicyclic) bond motifs is 2. The summed E-state index contributed by atoms with van der Waals surface area (Å²) < 4.78 is 2.87. The SMILES string of the molecule is O=c1c2cnn(-c3ccccc3)c2ncn1/N=C/c1c[nH]c2ccccc12. The molecule has 1 N–H and O–H groups in total. The summed E-state index contributed by atoms with van der Waals surface area (Å²) in [7, 11) is 0. The van der Waals surface area contributed by atoms with E-state index in [1.807, 2.05) is 60.8 Å². The van der Waals surface area contributed by atoms with Crippen molar-refractivity contribution in [2.45, 2.75) is 0 Å². The van der Waals surface area contributed by atoms with Gasteiger partial charge in [0.15, 0.2) is 5.65 Å². The second-order valence-electron chi connectivity index (χ2n) is 6.06. The van der Waals surface area contributed by atoms with E-state index in [2.05, 4.69) is 20.2 Å². The number of nitrogens with one attached hydrogen (secondary N) is 1. The number of aromatic amines is 1. The lowest BCUT2D eigenvalue weighted by Gasteiger charge is -2.02. The van der Waals surface area contributed by atoms with E-state index >= 15 is 0 Å². The van der Waals surface area contributed by atoms with Gasteiger partial charge in [-0.25, -0.2) is 9.67 Å². The van der Waals surface area contributed by atoms with Crippen molar-refractivity contribution in [3.63, 3.8) is 0 Å². The molecule has 27 heavy (non-hydrogen) atoms. The number of hydrogen-bond donors (Lipinski definition) is 1. The fraction of sp³-hybridized carbons (Fsp3) is 0. The third kappa shape index (κ3) is 2.53. The molecular weight excluding hydrogens is 340 g/mol. The molecule has 5 aromatic rings. The van der Waals surface area contributed by atoms with Crippen LogP contribution in [0.15, 0.2) is 83.2 Å². The number of nitrogens with zero attached hydrogens (tertiary/aromatic N) is 5. The lowest BCUT2D eigenvalue weighted by molar-refractivity contribution is 0.809. The van der Waals surface area contributed by atoms with Crippen LogP contribution in [0.25, 0.3) is 27.6 Å². The predicted molar refractivity (Wildman–Crippen MR) is 104 cm³/mol. The highest BCUT2D eigenvalue weighted by atomic mass is 16.1. The van der Waals surface area contributed by atoms with E-state index in [-0.39, 0.29) is 5.56 Å². The van der Waals surface area contributed by atoms with E-state index in [0.29, 0.717) is 11.0 Å². The molecule has 0 unspecified atom stereocenters. The van der Waals surface area contributed by atoms with Crippen molar-refractivity contribution in [2.24, 2.45) is 5.10 Å². The van der Waals surface area contributed by atoms with Gasteiger partial charge in [-0.3, -0.25) is 4.79 Å². The molecule has 0 bridgehead atoms. The second kappa shape index (κ2) is 6.06. The minimum absolute atomic E-state index is 0.265. The Kier molecular flexibility index (Phi) is 3.43. The van der Waals surface area contributed by atoms with Crippen molar-refractivity contribution >= 4 is 28.2 Å². The molecule has 7 heteroatoms. The molecular formula is C20H14N6O. The molecule has 0 radical (unpaired) electrons. The van der Waals surface area contributed by atoms with Gasteiger partial charge in [-0.2, -0.15) is 14.9 Å². The van der Waals surface area contributed by atoms with Crippen LogP contribution < -0.4 is 5.56 Å². The van der Waals surface area contributed by atoms with Gasteiger partial charge in [0, 0.05) is 22.7 Å². The monoisotopic (exact) mass is 354 g/mol. The summed E-state index contributed by atoms with van der Waals surface area (Å²) in [4.78, 5) is 20.3. The first-order valence-corrected chi connectivity index (χ1v) is 8.42. The zero-order valence-electron chi connectivity index (χ0n) is 14.1. The number of para-hydroxylation sites is 2. The first-order chi connectivity index (χ1) is 13.3. The highest BCUT2D eigenvalue weighted by Gasteiger charge is 2.11. The van der Waals surface area contributed by atoms with Crippen LogP contribution in [0.2, 0.25) is 0 Å². The first-order valence-electron chi connectivity index (χ1n) is 8.42. The Labute approximate surface area is 153 Å². The van der Waals surface area contributed by atoms with Gasteiger partial charge in [-0.15, -0.1) is 0 Å². The molecule has 0 spiro atoms. The Hall–Kier alpha value is -4.00. The molecule has 3 heterocycles. The van der Waals surface area contributed by atoms with Crippen molar-refractivity contribution in [1.29, 1.82) is 0 Å². The molecule has 5 rings (SSSR count). The van der Waals surface area contributed by atoms with E-state index in [4.69, 9.17) is 0 Å². The van der Waals surface area contributed by atoms with Gasteiger partial charge in [-0.05, 0) is 18.2 Å². The maximum atomic E-state index is 12.7. The lowest BCUT2D eigenvalue weighted by atomic mass is 10.2. The first kappa shape index (κ1) is 15.3. The van der Waals surface area contributed by atoms with Crippen molar-refractivity contribution in [1.82, 2.24) is 24.4 Å². The smallest absolute Gasteiger partial charge is 0.285 e. The molecule has 0 atom stereocenters. The minimum atomic E-state index is -0.265. The minimum Gasteiger partial charge on any atom is -0.361 e. The van der Waals surface area contributed by atoms with Gasteiger partial charge in [0.1, 0.15) is 11.7 Å². The molecule has 0 saturated carbocycles. The van der Waals surface area contributed by atoms with E-state index in [9.17, 15) is 4.79 Å². The second-order valence-corrected chi connectivity index (χ2v) is 6.06. The highest BCUT2D eigenvalue weighted by Crippen LogP contribution is 2.16. The summed E-state index contributed by atoms with van der Waals surface area (Å²) >= 11 is 0. The summed E-state index contributed by atoms with van der Waals surface area (Å²) in [6.45, 7) is 0. The molecule has 0 aliphatic heterocycles. The Bertz CT molecular complexity index is 1340. The molecule has 0 saturated heterocycles. The Morgan fingerprint density at radius 2 is 1.81 bits per heavy atom. The zero-order valence-corrected chi connectivity index (χ0v) is 14.1. The van der Waals surface area contributed by atoms with Gasteiger partial charge in [0.05, 0.1) is 18.1 Å². The van der Waals surface area contributed by atoms with Gasteiger partial charge in [-0.1, -0.05) is 36.4 Å². The quantitative estimate of drug-likeness (QED) is 0.506. The molecule has 0 aliphatic rings. The van der Waals surface area contributed by atoms with Crippen LogP contribution >= 0.6 is 0 Å². The molecule has 3 aromatic heterocycles. The summed E-state index contributed by atoms with van der Waals surface area (Å²) in [5.74, 6) is 0. The molecule has 0 aliphatic carbocycles. The summed E-state index contributed by atoms with van der Waals surface area (Å²) in [6.07, 6.45) is 6.44. The third-order valence-corrected chi connectivity index (χ3v) is 4.41. The molecule has 0 amide bonds. The summed E-state index contributed by atoms with van der Waals surface area (Å²) in [5.41, 5.74) is 3.00. The van der Waals surface area contributed by atoms with Gasteiger partial charge in [0.25, 0.3) is 5.56 Å². The van der Waals surface area contributed by atoms with Crippen molar-refractivity contribution in [3.8, 4) is 5.69 Å². The fourth-order valence-corrected chi connectivity index (χ4v) is 3.07. The topological polar surface area (TPSA) is 80.9 Å². The molecule has 7 nitrogen and oxygen atoms in total. The van der Waals surface area contributed by atoms with Crippen LogP contribution in [-0.2, 0) is 0 Å². The van der Waals surface area contributed by atoms with Crippen LogP contribution in [0.1, 0.15) is 5.56 Å². The third-order valence-electron chi connectivity index (χ3n) is 4.41. The van der Waals surface area contributed by atoms with Gasteiger partial charge in [0.2, 0.25) is 0 Å². The fourth-order valence-electron chi connectivity index (χ4n) is 3.07. The van der Waals surface area contributed by atoms with E-state index in [1.54, 1.807) is 10.9 Å². The normalized spacial score (nSPS) is 11.7. The average molecular weight is 354 g/mol. The van der Waals surface area contributed by atoms with Crippen molar-refractivity contribution < 1.29 is 0 Å². The average Bonchev–Trinajstić information content (AvgIpc) is 3.33. The zero-order chi connectivity index (χ0) is 18.2. The number of H-pyrrole nitrogens is 1. The maximum absolute atomic E-state index is 12.7. The Morgan fingerprint density at radius 1 is 1.00 bits per heavy atom. The molecule has 130 valence electrons. The highest BCUT2D eigenvalue weighted by molar-refractivity contribution is 5.98. The number of hydrogen-bond acceptors (Lipinski definition) is 4. The van der Waals surface area contributed by atoms with Crippen molar-refractivity contribution in [3.05, 3.63) is 89.2 Å². The Balaban J connectivity index is 1.57. The molecule has 0 fully saturated rings.